The van der Waals surface area contributed by atoms with Gasteiger partial charge in [0.2, 0.25) is 0 Å². The van der Waals surface area contributed by atoms with Crippen molar-refractivity contribution in [3.63, 3.8) is 0 Å². The zero-order chi connectivity index (χ0) is 13.4. The van der Waals surface area contributed by atoms with E-state index in [1.807, 2.05) is 0 Å². The second-order valence-electron chi connectivity index (χ2n) is 4.13. The first-order chi connectivity index (χ1) is 8.67. The smallest absolute Gasteiger partial charge is 0.141 e. The monoisotopic (exact) mass is 256 g/mol. The molecule has 0 aliphatic carbocycles. The van der Waals surface area contributed by atoms with Gasteiger partial charge in [0, 0.05) is 20.2 Å². The molecule has 102 valence electrons. The van der Waals surface area contributed by atoms with E-state index in [-0.39, 0.29) is 5.82 Å². The molecule has 1 rings (SSSR count). The van der Waals surface area contributed by atoms with E-state index >= 15 is 0 Å². The average Bonchev–Trinajstić information content (AvgIpc) is 2.39. The summed E-state index contributed by atoms with van der Waals surface area (Å²) in [4.78, 5) is 6.07. The van der Waals surface area contributed by atoms with Gasteiger partial charge >= 0.3 is 0 Å². The molecule has 0 amide bonds. The normalized spacial score (nSPS) is 12.9. The van der Waals surface area contributed by atoms with Crippen molar-refractivity contribution < 1.29 is 14.2 Å². The molecule has 0 saturated heterocycles. The number of nitrogens with zero attached hydrogens (tertiary/aromatic N) is 2. The lowest BCUT2D eigenvalue weighted by molar-refractivity contribution is 0.118. The summed E-state index contributed by atoms with van der Waals surface area (Å²) in [5, 5.41) is 9.94. The first-order valence-electron chi connectivity index (χ1n) is 6.18. The lowest BCUT2D eigenvalue weighted by Gasteiger charge is -2.21. The van der Waals surface area contributed by atoms with Crippen LogP contribution < -0.4 is 0 Å². The fraction of sp³-hybridized carbons (Fsp3) is 0.615. The lowest BCUT2D eigenvalue weighted by Crippen LogP contribution is -2.29. The van der Waals surface area contributed by atoms with Crippen molar-refractivity contribution in [3.8, 4) is 0 Å². The Bertz CT molecular complexity index is 332. The molecule has 0 radical (unpaired) electrons. The van der Waals surface area contributed by atoms with E-state index in [4.69, 9.17) is 4.74 Å². The number of halogens is 1. The summed E-state index contributed by atoms with van der Waals surface area (Å²) in [6, 6.07) is 2.83. The van der Waals surface area contributed by atoms with Crippen LogP contribution in [0.3, 0.4) is 0 Å². The van der Waals surface area contributed by atoms with Crippen LogP contribution in [0.4, 0.5) is 4.39 Å². The zero-order valence-corrected chi connectivity index (χ0v) is 11.0. The van der Waals surface area contributed by atoms with Gasteiger partial charge in [0.25, 0.3) is 0 Å². The Morgan fingerprint density at radius 2 is 2.22 bits per heavy atom. The number of aliphatic hydroxyl groups excluding tert-OH is 1. The molecule has 0 aromatic carbocycles. The molecule has 0 saturated carbocycles. The molecule has 0 aliphatic rings. The molecule has 1 heterocycles. The van der Waals surface area contributed by atoms with E-state index in [0.29, 0.717) is 18.7 Å². The van der Waals surface area contributed by atoms with Gasteiger partial charge in [-0.15, -0.1) is 0 Å². The van der Waals surface area contributed by atoms with Gasteiger partial charge in [-0.25, -0.2) is 4.39 Å². The fourth-order valence-corrected chi connectivity index (χ4v) is 1.69. The van der Waals surface area contributed by atoms with Gasteiger partial charge in [-0.1, -0.05) is 6.92 Å². The molecule has 4 nitrogen and oxygen atoms in total. The van der Waals surface area contributed by atoms with Crippen LogP contribution in [0.5, 0.6) is 0 Å². The van der Waals surface area contributed by atoms with Crippen molar-refractivity contribution >= 4 is 0 Å². The highest BCUT2D eigenvalue weighted by Gasteiger charge is 2.11. The van der Waals surface area contributed by atoms with Crippen LogP contribution in [0.1, 0.15) is 25.1 Å². The van der Waals surface area contributed by atoms with Crippen molar-refractivity contribution in [2.75, 3.05) is 33.4 Å². The molecule has 18 heavy (non-hydrogen) atoms. The van der Waals surface area contributed by atoms with E-state index in [1.165, 1.54) is 12.1 Å². The van der Waals surface area contributed by atoms with Gasteiger partial charge in [0.05, 0.1) is 24.6 Å². The van der Waals surface area contributed by atoms with Gasteiger partial charge in [-0.05, 0) is 25.1 Å². The van der Waals surface area contributed by atoms with Gasteiger partial charge in [-0.3, -0.25) is 4.98 Å². The lowest BCUT2D eigenvalue weighted by atomic mass is 10.1. The zero-order valence-electron chi connectivity index (χ0n) is 11.0. The number of pyridine rings is 1. The summed E-state index contributed by atoms with van der Waals surface area (Å²) >= 11 is 0. The third-order valence-electron chi connectivity index (χ3n) is 2.87. The van der Waals surface area contributed by atoms with Crippen molar-refractivity contribution in [1.82, 2.24) is 9.88 Å². The van der Waals surface area contributed by atoms with Crippen LogP contribution in [-0.2, 0) is 4.74 Å². The summed E-state index contributed by atoms with van der Waals surface area (Å²) in [5.41, 5.74) is 0.513. The van der Waals surface area contributed by atoms with Gasteiger partial charge < -0.3 is 14.7 Å². The number of ether oxygens (including phenoxy) is 1. The van der Waals surface area contributed by atoms with E-state index in [0.717, 1.165) is 25.8 Å². The molecule has 1 aromatic heterocycles. The number of rotatable bonds is 8. The Hall–Kier alpha value is -1.04. The highest BCUT2D eigenvalue weighted by Crippen LogP contribution is 2.14. The summed E-state index contributed by atoms with van der Waals surface area (Å²) in [5.74, 6) is -0.388. The number of hydrogen-bond acceptors (Lipinski definition) is 4. The molecule has 1 unspecified atom stereocenters. The Balaban J connectivity index is 2.39. The van der Waals surface area contributed by atoms with Crippen LogP contribution in [-0.4, -0.2) is 48.3 Å². The number of aliphatic hydroxyl groups is 1. The number of hydrogen-bond donors (Lipinski definition) is 1. The van der Waals surface area contributed by atoms with Crippen molar-refractivity contribution in [2.45, 2.75) is 19.4 Å². The van der Waals surface area contributed by atoms with E-state index < -0.39 is 6.10 Å². The molecule has 0 aliphatic heterocycles. The topological polar surface area (TPSA) is 45.6 Å². The molecule has 5 heteroatoms. The Morgan fingerprint density at radius 1 is 1.44 bits per heavy atom. The minimum absolute atomic E-state index is 0.388. The number of likely N-dealkylation sites (N-methyl/N-ethyl adjacent to an activating group) is 1. The SMILES string of the molecule is CCN(CCOC)CCC(O)c1ccc(F)cn1. The largest absolute Gasteiger partial charge is 0.387 e. The Morgan fingerprint density at radius 3 is 2.78 bits per heavy atom. The van der Waals surface area contributed by atoms with Gasteiger partial charge in [0.1, 0.15) is 5.82 Å². The first kappa shape index (κ1) is 15.0. The molecular weight excluding hydrogens is 235 g/mol. The van der Waals surface area contributed by atoms with E-state index in [1.54, 1.807) is 7.11 Å². The molecule has 0 fully saturated rings. The Labute approximate surface area is 107 Å². The summed E-state index contributed by atoms with van der Waals surface area (Å²) < 4.78 is 17.7. The third-order valence-corrected chi connectivity index (χ3v) is 2.87. The maximum absolute atomic E-state index is 12.7. The van der Waals surface area contributed by atoms with Crippen LogP contribution in [0.2, 0.25) is 0 Å². The molecule has 0 spiro atoms. The summed E-state index contributed by atoms with van der Waals surface area (Å²) in [6.07, 6.45) is 1.05. The summed E-state index contributed by atoms with van der Waals surface area (Å²) in [6.45, 7) is 5.26. The van der Waals surface area contributed by atoms with Gasteiger partial charge in [-0.2, -0.15) is 0 Å². The highest BCUT2D eigenvalue weighted by atomic mass is 19.1. The minimum atomic E-state index is -0.651. The predicted octanol–water partition coefficient (Wildman–Crippen LogP) is 1.61. The molecule has 1 N–H and O–H groups in total. The summed E-state index contributed by atoms with van der Waals surface area (Å²) in [7, 11) is 1.67. The van der Waals surface area contributed by atoms with Crippen LogP contribution in [0, 0.1) is 5.82 Å². The fourth-order valence-electron chi connectivity index (χ4n) is 1.69. The number of methoxy groups -OCH3 is 1. The quantitative estimate of drug-likeness (QED) is 0.767. The van der Waals surface area contributed by atoms with Crippen LogP contribution in [0.25, 0.3) is 0 Å². The maximum atomic E-state index is 12.7. The molecule has 1 atom stereocenters. The van der Waals surface area contributed by atoms with Crippen molar-refractivity contribution in [1.29, 1.82) is 0 Å². The van der Waals surface area contributed by atoms with Crippen LogP contribution in [0.15, 0.2) is 18.3 Å². The second-order valence-corrected chi connectivity index (χ2v) is 4.13. The van der Waals surface area contributed by atoms with Crippen molar-refractivity contribution in [3.05, 3.63) is 29.8 Å². The molecular formula is C13H21FN2O2. The molecule has 0 bridgehead atoms. The first-order valence-corrected chi connectivity index (χ1v) is 6.18. The third kappa shape index (κ3) is 5.08. The molecule has 1 aromatic rings. The maximum Gasteiger partial charge on any atom is 0.141 e. The van der Waals surface area contributed by atoms with Crippen LogP contribution >= 0.6 is 0 Å². The van der Waals surface area contributed by atoms with Gasteiger partial charge in [0.15, 0.2) is 0 Å². The predicted molar refractivity (Wildman–Crippen MR) is 67.8 cm³/mol. The standard InChI is InChI=1S/C13H21FN2O2/c1-3-16(8-9-18-2)7-6-13(17)12-5-4-11(14)10-15-12/h4-5,10,13,17H,3,6-9H2,1-2H3. The van der Waals surface area contributed by atoms with Crippen molar-refractivity contribution in [2.24, 2.45) is 0 Å². The Kier molecular flexibility index (Phi) is 6.78. The van der Waals surface area contributed by atoms with E-state index in [2.05, 4.69) is 16.8 Å². The average molecular weight is 256 g/mol. The number of aromatic nitrogens is 1. The van der Waals surface area contributed by atoms with E-state index in [9.17, 15) is 9.50 Å². The minimum Gasteiger partial charge on any atom is -0.387 e. The highest BCUT2D eigenvalue weighted by molar-refractivity contribution is 5.07. The second kappa shape index (κ2) is 8.13.